The van der Waals surface area contributed by atoms with Crippen molar-refractivity contribution in [3.8, 4) is 51.0 Å². The molecule has 0 spiro atoms. The lowest BCUT2D eigenvalue weighted by Crippen LogP contribution is -2.00. The predicted molar refractivity (Wildman–Crippen MR) is 227 cm³/mol. The zero-order valence-electron chi connectivity index (χ0n) is 30.6. The molecule has 0 atom stereocenters. The molecule has 0 unspecified atom stereocenters. The van der Waals surface area contributed by atoms with Crippen LogP contribution < -0.4 is 0 Å². The van der Waals surface area contributed by atoms with Crippen molar-refractivity contribution in [1.29, 1.82) is 0 Å². The van der Waals surface area contributed by atoms with Crippen LogP contribution in [0, 0.1) is 0 Å². The summed E-state index contributed by atoms with van der Waals surface area (Å²) in [5.74, 6) is 1.83. The van der Waals surface area contributed by atoms with E-state index in [-0.39, 0.29) is 0 Å². The fourth-order valence-corrected chi connectivity index (χ4v) is 7.98. The Morgan fingerprint density at radius 2 is 1.18 bits per heavy atom. The number of hydrogen-bond acceptors (Lipinski definition) is 4. The van der Waals surface area contributed by atoms with Crippen LogP contribution in [0.4, 0.5) is 0 Å². The third kappa shape index (κ3) is 5.52. The van der Waals surface area contributed by atoms with Crippen LogP contribution in [0.15, 0.2) is 168 Å². The Kier molecular flexibility index (Phi) is 7.92. The van der Waals surface area contributed by atoms with Gasteiger partial charge in [0, 0.05) is 55.6 Å². The molecule has 0 aliphatic heterocycles. The summed E-state index contributed by atoms with van der Waals surface area (Å²) in [6.07, 6.45) is 5.33. The summed E-state index contributed by atoms with van der Waals surface area (Å²) in [7, 11) is 0. The van der Waals surface area contributed by atoms with Crippen LogP contribution in [0.25, 0.3) is 101 Å². The van der Waals surface area contributed by atoms with Crippen molar-refractivity contribution in [1.82, 2.24) is 19.5 Å². The maximum Gasteiger partial charge on any atom is 0.164 e. The summed E-state index contributed by atoms with van der Waals surface area (Å²) in [6.45, 7) is 4.31. The van der Waals surface area contributed by atoms with Gasteiger partial charge in [-0.15, -0.1) is 0 Å². The van der Waals surface area contributed by atoms with Crippen molar-refractivity contribution >= 4 is 49.8 Å². The van der Waals surface area contributed by atoms with Gasteiger partial charge in [-0.05, 0) is 54.3 Å². The van der Waals surface area contributed by atoms with E-state index >= 15 is 0 Å². The third-order valence-corrected chi connectivity index (χ3v) is 10.6. The van der Waals surface area contributed by atoms with Crippen LogP contribution in [-0.2, 0) is 6.42 Å². The van der Waals surface area contributed by atoms with E-state index in [0.717, 1.165) is 61.8 Å². The predicted octanol–water partition coefficient (Wildman–Crippen LogP) is 13.1. The minimum absolute atomic E-state index is 0.596. The largest absolute Gasteiger partial charge is 0.456 e. The fraction of sp³-hybridized carbons (Fsp3) is 0.0600. The van der Waals surface area contributed by atoms with E-state index in [9.17, 15) is 0 Å². The molecule has 0 amide bonds. The van der Waals surface area contributed by atoms with Gasteiger partial charge < -0.3 is 8.98 Å². The molecule has 262 valence electrons. The zero-order valence-corrected chi connectivity index (χ0v) is 30.6. The smallest absolute Gasteiger partial charge is 0.164 e. The first-order valence-corrected chi connectivity index (χ1v) is 18.8. The Balaban J connectivity index is 1.15. The van der Waals surface area contributed by atoms with E-state index in [1.807, 2.05) is 48.5 Å². The molecule has 3 heterocycles. The Labute approximate surface area is 318 Å². The van der Waals surface area contributed by atoms with Crippen LogP contribution in [0.1, 0.15) is 25.0 Å². The van der Waals surface area contributed by atoms with E-state index < -0.39 is 0 Å². The summed E-state index contributed by atoms with van der Waals surface area (Å²) in [5, 5.41) is 4.45. The van der Waals surface area contributed by atoms with Gasteiger partial charge in [-0.2, -0.15) is 0 Å². The average Bonchev–Trinajstić information content (AvgIpc) is 3.80. The van der Waals surface area contributed by atoms with Crippen molar-refractivity contribution in [2.24, 2.45) is 0 Å². The zero-order chi connectivity index (χ0) is 36.9. The summed E-state index contributed by atoms with van der Waals surface area (Å²) in [6, 6.07) is 54.8. The van der Waals surface area contributed by atoms with Crippen molar-refractivity contribution in [2.75, 3.05) is 0 Å². The number of aryl methyl sites for hydroxylation is 1. The highest BCUT2D eigenvalue weighted by atomic mass is 16.3. The summed E-state index contributed by atoms with van der Waals surface area (Å²) >= 11 is 0. The van der Waals surface area contributed by atoms with Gasteiger partial charge >= 0.3 is 0 Å². The number of aromatic nitrogens is 4. The quantitative estimate of drug-likeness (QED) is 0.165. The van der Waals surface area contributed by atoms with E-state index in [4.69, 9.17) is 19.4 Å². The molecule has 55 heavy (non-hydrogen) atoms. The number of furan rings is 1. The van der Waals surface area contributed by atoms with Gasteiger partial charge in [-0.25, -0.2) is 15.0 Å². The molecule has 10 rings (SSSR count). The first-order valence-electron chi connectivity index (χ1n) is 18.8. The standard InChI is InChI=1S/C50H36N4O/c1-3-14-38-32(4-2)27-29-40-39-19-11-12-21-43(39)54(47(38)40)37-28-30-41-45(31-37)55-44-22-13-20-42(46(41)44)50-52-48(35-17-9-6-10-18-35)51-49(53-50)36-25-23-34(24-26-36)33-15-7-5-8-16-33/h3,5-31H,4H2,1-2H3/b14-3-. The first-order chi connectivity index (χ1) is 27.2. The Bertz CT molecular complexity index is 3070. The SMILES string of the molecule is C/C=C\c1c(CC)ccc2c3ccccc3n(-c3ccc4c(c3)oc3cccc(-c5nc(-c6ccccc6)nc(-c6ccc(-c7ccccc7)cc6)n5)c34)c12. The van der Waals surface area contributed by atoms with Crippen molar-refractivity contribution in [3.05, 3.63) is 175 Å². The van der Waals surface area contributed by atoms with Gasteiger partial charge in [0.25, 0.3) is 0 Å². The Morgan fingerprint density at radius 3 is 1.93 bits per heavy atom. The molecule has 0 bridgehead atoms. The van der Waals surface area contributed by atoms with Gasteiger partial charge in [0.1, 0.15) is 11.2 Å². The molecule has 0 saturated heterocycles. The summed E-state index contributed by atoms with van der Waals surface area (Å²) < 4.78 is 9.08. The number of benzene rings is 7. The van der Waals surface area contributed by atoms with E-state index in [0.29, 0.717) is 17.5 Å². The van der Waals surface area contributed by atoms with Crippen LogP contribution in [0.5, 0.6) is 0 Å². The van der Waals surface area contributed by atoms with Crippen LogP contribution >= 0.6 is 0 Å². The number of nitrogens with zero attached hydrogens (tertiary/aromatic N) is 4. The second kappa shape index (κ2) is 13.4. The summed E-state index contributed by atoms with van der Waals surface area (Å²) in [5.41, 5.74) is 12.6. The van der Waals surface area contributed by atoms with Crippen molar-refractivity contribution in [2.45, 2.75) is 20.3 Å². The molecule has 0 radical (unpaired) electrons. The Morgan fingerprint density at radius 1 is 0.545 bits per heavy atom. The first kappa shape index (κ1) is 32.5. The lowest BCUT2D eigenvalue weighted by Gasteiger charge is -2.12. The number of allylic oxidation sites excluding steroid dienone is 1. The number of rotatable bonds is 7. The number of para-hydroxylation sites is 1. The van der Waals surface area contributed by atoms with Gasteiger partial charge in [0.2, 0.25) is 0 Å². The molecule has 0 fully saturated rings. The molecule has 0 saturated carbocycles. The van der Waals surface area contributed by atoms with Crippen LogP contribution in [0.3, 0.4) is 0 Å². The van der Waals surface area contributed by atoms with Crippen molar-refractivity contribution < 1.29 is 4.42 Å². The van der Waals surface area contributed by atoms with Gasteiger partial charge in [-0.1, -0.05) is 146 Å². The highest BCUT2D eigenvalue weighted by Gasteiger charge is 2.21. The van der Waals surface area contributed by atoms with Gasteiger partial charge in [0.05, 0.1) is 11.0 Å². The number of hydrogen-bond donors (Lipinski definition) is 0. The molecule has 5 nitrogen and oxygen atoms in total. The number of fused-ring (bicyclic) bond motifs is 6. The van der Waals surface area contributed by atoms with E-state index in [1.165, 1.54) is 33.0 Å². The molecule has 0 aliphatic rings. The Hall–Kier alpha value is -7.11. The normalized spacial score (nSPS) is 11.8. The minimum Gasteiger partial charge on any atom is -0.456 e. The topological polar surface area (TPSA) is 56.7 Å². The second-order valence-corrected chi connectivity index (χ2v) is 13.8. The van der Waals surface area contributed by atoms with Crippen molar-refractivity contribution in [3.63, 3.8) is 0 Å². The third-order valence-electron chi connectivity index (χ3n) is 10.6. The molecule has 5 heteroatoms. The second-order valence-electron chi connectivity index (χ2n) is 13.8. The maximum atomic E-state index is 6.69. The molecule has 0 aliphatic carbocycles. The lowest BCUT2D eigenvalue weighted by molar-refractivity contribution is 0.668. The van der Waals surface area contributed by atoms with E-state index in [2.05, 4.69) is 140 Å². The van der Waals surface area contributed by atoms with E-state index in [1.54, 1.807) is 0 Å². The molecule has 0 N–H and O–H groups in total. The monoisotopic (exact) mass is 708 g/mol. The molecule has 7 aromatic carbocycles. The molecular formula is C50H36N4O. The maximum absolute atomic E-state index is 6.69. The molecule has 3 aromatic heterocycles. The average molecular weight is 709 g/mol. The lowest BCUT2D eigenvalue weighted by atomic mass is 10.0. The van der Waals surface area contributed by atoms with Crippen LogP contribution in [0.2, 0.25) is 0 Å². The van der Waals surface area contributed by atoms with Gasteiger partial charge in [0.15, 0.2) is 17.5 Å². The highest BCUT2D eigenvalue weighted by Crippen LogP contribution is 2.40. The molecule has 10 aromatic rings. The van der Waals surface area contributed by atoms with Gasteiger partial charge in [-0.3, -0.25) is 0 Å². The minimum atomic E-state index is 0.596. The summed E-state index contributed by atoms with van der Waals surface area (Å²) in [4.78, 5) is 15.2. The fourth-order valence-electron chi connectivity index (χ4n) is 7.98. The molecular weight excluding hydrogens is 673 g/mol. The van der Waals surface area contributed by atoms with Crippen LogP contribution in [-0.4, -0.2) is 19.5 Å². The highest BCUT2D eigenvalue weighted by molar-refractivity contribution is 6.14.